The van der Waals surface area contributed by atoms with Crippen LogP contribution in [0.5, 0.6) is 0 Å². The molecule has 11 nitrogen and oxygen atoms in total. The van der Waals surface area contributed by atoms with E-state index in [9.17, 15) is 34.6 Å². The van der Waals surface area contributed by atoms with Gasteiger partial charge in [0.05, 0.1) is 21.0 Å². The Bertz CT molecular complexity index is 845. The highest BCUT2D eigenvalue weighted by Gasteiger charge is 2.15. The highest BCUT2D eigenvalue weighted by molar-refractivity contribution is 5.94. The Hall–Kier alpha value is -4.15. The molecule has 0 aliphatic carbocycles. The fourth-order valence-electron chi connectivity index (χ4n) is 1.94. The summed E-state index contributed by atoms with van der Waals surface area (Å²) in [5.41, 5.74) is -0.376. The smallest absolute Gasteiger partial charge is 0.338 e. The normalized spacial score (nSPS) is 10.0. The lowest BCUT2D eigenvalue weighted by molar-refractivity contribution is -0.385. The lowest BCUT2D eigenvalue weighted by Crippen LogP contribution is -2.20. The van der Waals surface area contributed by atoms with Crippen LogP contribution in [0.15, 0.2) is 48.5 Å². The second-order valence-electron chi connectivity index (χ2n) is 5.30. The van der Waals surface area contributed by atoms with E-state index in [0.29, 0.717) is 0 Å². The number of nitro groups is 2. The Kier molecular flexibility index (Phi) is 6.47. The van der Waals surface area contributed by atoms with Crippen LogP contribution in [-0.4, -0.2) is 40.8 Å². The predicted molar refractivity (Wildman–Crippen MR) is 91.8 cm³/mol. The number of carbonyl (C=O) groups is 3. The molecule has 2 rings (SSSR count). The van der Waals surface area contributed by atoms with Gasteiger partial charge in [-0.1, -0.05) is 0 Å². The molecule has 2 aromatic rings. The molecule has 11 heteroatoms. The minimum absolute atomic E-state index is 0.0151. The fourth-order valence-corrected chi connectivity index (χ4v) is 1.94. The Morgan fingerprint density at radius 1 is 0.679 bits per heavy atom. The van der Waals surface area contributed by atoms with Crippen LogP contribution in [0.3, 0.4) is 0 Å². The van der Waals surface area contributed by atoms with Gasteiger partial charge < -0.3 is 9.47 Å². The van der Waals surface area contributed by atoms with Crippen LogP contribution in [-0.2, 0) is 14.3 Å². The summed E-state index contributed by atoms with van der Waals surface area (Å²) in [6.07, 6.45) is 0. The molecule has 0 unspecified atom stereocenters. The molecular formula is C17H12N2O9. The molecule has 0 N–H and O–H groups in total. The van der Waals surface area contributed by atoms with E-state index in [1.807, 2.05) is 0 Å². The zero-order valence-electron chi connectivity index (χ0n) is 14.1. The van der Waals surface area contributed by atoms with Crippen molar-refractivity contribution in [3.8, 4) is 0 Å². The van der Waals surface area contributed by atoms with Gasteiger partial charge in [0.25, 0.3) is 11.4 Å². The van der Waals surface area contributed by atoms with E-state index in [2.05, 4.69) is 0 Å². The van der Waals surface area contributed by atoms with Crippen molar-refractivity contribution in [1.29, 1.82) is 0 Å². The number of nitro benzene ring substituents is 2. The number of hydrogen-bond donors (Lipinski definition) is 0. The van der Waals surface area contributed by atoms with E-state index in [1.165, 1.54) is 24.3 Å². The molecule has 2 aromatic carbocycles. The van der Waals surface area contributed by atoms with Gasteiger partial charge in [-0.05, 0) is 24.3 Å². The number of nitrogens with zero attached hydrogens (tertiary/aromatic N) is 2. The van der Waals surface area contributed by atoms with Crippen LogP contribution in [0.2, 0.25) is 0 Å². The van der Waals surface area contributed by atoms with Crippen LogP contribution >= 0.6 is 0 Å². The zero-order valence-corrected chi connectivity index (χ0v) is 14.1. The van der Waals surface area contributed by atoms with E-state index < -0.39 is 40.8 Å². The summed E-state index contributed by atoms with van der Waals surface area (Å²) in [6, 6.07) is 9.18. The molecule has 0 aromatic heterocycles. The third-order valence-electron chi connectivity index (χ3n) is 3.36. The first-order valence-electron chi connectivity index (χ1n) is 7.63. The van der Waals surface area contributed by atoms with Crippen molar-refractivity contribution in [2.24, 2.45) is 0 Å². The SMILES string of the molecule is O=C(COC(=O)c1ccc([N+](=O)[O-])cc1)COC(=O)c1ccc([N+](=O)[O-])cc1. The summed E-state index contributed by atoms with van der Waals surface area (Å²) < 4.78 is 9.49. The first-order valence-corrected chi connectivity index (χ1v) is 7.63. The van der Waals surface area contributed by atoms with Crippen LogP contribution in [0.1, 0.15) is 20.7 Å². The highest BCUT2D eigenvalue weighted by Crippen LogP contribution is 2.13. The minimum Gasteiger partial charge on any atom is -0.454 e. The van der Waals surface area contributed by atoms with Gasteiger partial charge in [0.2, 0.25) is 5.78 Å². The van der Waals surface area contributed by atoms with Crippen molar-refractivity contribution < 1.29 is 33.7 Å². The van der Waals surface area contributed by atoms with Gasteiger partial charge in [0.15, 0.2) is 13.2 Å². The molecule has 0 radical (unpaired) electrons. The van der Waals surface area contributed by atoms with Gasteiger partial charge in [0.1, 0.15) is 0 Å². The summed E-state index contributed by atoms with van der Waals surface area (Å²) in [6.45, 7) is -1.33. The standard InChI is InChI=1S/C17H12N2O9/c20-15(9-27-16(21)11-1-5-13(6-2-11)18(23)24)10-28-17(22)12-3-7-14(8-4-12)19(25)26/h1-8H,9-10H2. The average Bonchev–Trinajstić information content (AvgIpc) is 2.70. The van der Waals surface area contributed by atoms with Crippen LogP contribution in [0.4, 0.5) is 11.4 Å². The minimum atomic E-state index is -0.870. The second kappa shape index (κ2) is 8.98. The summed E-state index contributed by atoms with van der Waals surface area (Å²) in [4.78, 5) is 55.0. The molecule has 0 spiro atoms. The van der Waals surface area contributed by atoms with Crippen LogP contribution < -0.4 is 0 Å². The molecule has 28 heavy (non-hydrogen) atoms. The molecule has 0 bridgehead atoms. The molecule has 0 saturated heterocycles. The van der Waals surface area contributed by atoms with Crippen molar-refractivity contribution in [1.82, 2.24) is 0 Å². The fraction of sp³-hybridized carbons (Fsp3) is 0.118. The van der Waals surface area contributed by atoms with Gasteiger partial charge in [-0.3, -0.25) is 25.0 Å². The molecule has 0 saturated carbocycles. The van der Waals surface area contributed by atoms with Crippen LogP contribution in [0.25, 0.3) is 0 Å². The number of hydrogen-bond acceptors (Lipinski definition) is 9. The summed E-state index contributed by atoms with van der Waals surface area (Å²) >= 11 is 0. The number of Topliss-reactive ketones (excluding diaryl/α,β-unsaturated/α-hetero) is 1. The number of benzene rings is 2. The first-order chi connectivity index (χ1) is 13.3. The summed E-state index contributed by atoms with van der Waals surface area (Å²) in [7, 11) is 0. The Morgan fingerprint density at radius 2 is 1.00 bits per heavy atom. The van der Waals surface area contributed by atoms with E-state index in [4.69, 9.17) is 9.47 Å². The highest BCUT2D eigenvalue weighted by atomic mass is 16.6. The maximum Gasteiger partial charge on any atom is 0.338 e. The third-order valence-corrected chi connectivity index (χ3v) is 3.36. The van der Waals surface area contributed by atoms with Crippen molar-refractivity contribution >= 4 is 29.1 Å². The number of non-ortho nitro benzene ring substituents is 2. The predicted octanol–water partition coefficient (Wildman–Crippen LogP) is 2.09. The number of carbonyl (C=O) groups excluding carboxylic acids is 3. The molecule has 144 valence electrons. The van der Waals surface area contributed by atoms with E-state index in [0.717, 1.165) is 24.3 Å². The summed E-state index contributed by atoms with van der Waals surface area (Å²) in [5.74, 6) is -2.44. The van der Waals surface area contributed by atoms with Gasteiger partial charge in [0, 0.05) is 24.3 Å². The summed E-state index contributed by atoms with van der Waals surface area (Å²) in [5, 5.41) is 21.1. The zero-order chi connectivity index (χ0) is 20.7. The lowest BCUT2D eigenvalue weighted by Gasteiger charge is -2.06. The quantitative estimate of drug-likeness (QED) is 0.375. The monoisotopic (exact) mass is 388 g/mol. The van der Waals surface area contributed by atoms with Gasteiger partial charge in [-0.25, -0.2) is 9.59 Å². The first kappa shape index (κ1) is 20.2. The van der Waals surface area contributed by atoms with E-state index in [-0.39, 0.29) is 22.5 Å². The Labute approximate surface area is 156 Å². The van der Waals surface area contributed by atoms with Crippen molar-refractivity contribution in [2.75, 3.05) is 13.2 Å². The Morgan fingerprint density at radius 3 is 1.29 bits per heavy atom. The van der Waals surface area contributed by atoms with Crippen molar-refractivity contribution in [3.63, 3.8) is 0 Å². The van der Waals surface area contributed by atoms with Gasteiger partial charge in [-0.15, -0.1) is 0 Å². The molecule has 0 aliphatic heterocycles. The van der Waals surface area contributed by atoms with Crippen LogP contribution in [0, 0.1) is 20.2 Å². The van der Waals surface area contributed by atoms with Crippen molar-refractivity contribution in [3.05, 3.63) is 79.9 Å². The molecule has 0 heterocycles. The Balaban J connectivity index is 1.80. The average molecular weight is 388 g/mol. The lowest BCUT2D eigenvalue weighted by atomic mass is 10.2. The number of esters is 2. The van der Waals surface area contributed by atoms with E-state index >= 15 is 0 Å². The third kappa shape index (κ3) is 5.42. The van der Waals surface area contributed by atoms with Gasteiger partial charge >= 0.3 is 11.9 Å². The largest absolute Gasteiger partial charge is 0.454 e. The van der Waals surface area contributed by atoms with Crippen molar-refractivity contribution in [2.45, 2.75) is 0 Å². The molecule has 0 atom stereocenters. The maximum atomic E-state index is 11.8. The molecular weight excluding hydrogens is 376 g/mol. The van der Waals surface area contributed by atoms with E-state index in [1.54, 1.807) is 0 Å². The number of ether oxygens (including phenoxy) is 2. The topological polar surface area (TPSA) is 156 Å². The molecule has 0 fully saturated rings. The number of ketones is 1. The second-order valence-corrected chi connectivity index (χ2v) is 5.30. The molecule has 0 aliphatic rings. The maximum absolute atomic E-state index is 11.8. The number of rotatable bonds is 8. The molecule has 0 amide bonds. The van der Waals surface area contributed by atoms with Gasteiger partial charge in [-0.2, -0.15) is 0 Å².